The number of hydrogen-bond donors (Lipinski definition) is 1. The van der Waals surface area contributed by atoms with Crippen molar-refractivity contribution in [2.45, 2.75) is 25.2 Å². The molecule has 0 atom stereocenters. The summed E-state index contributed by atoms with van der Waals surface area (Å²) in [5.74, 6) is 1.19. The van der Waals surface area contributed by atoms with E-state index < -0.39 is 5.60 Å². The topological polar surface area (TPSA) is 35.0 Å². The quantitative estimate of drug-likeness (QED) is 0.857. The zero-order chi connectivity index (χ0) is 13.0. The molecular formula is C14H16N2OS. The van der Waals surface area contributed by atoms with Gasteiger partial charge in [-0.15, -0.1) is 0 Å². The summed E-state index contributed by atoms with van der Waals surface area (Å²) in [5, 5.41) is 0. The lowest BCUT2D eigenvalue weighted by Crippen LogP contribution is -2.27. The Balaban J connectivity index is 2.22. The van der Waals surface area contributed by atoms with Crippen molar-refractivity contribution in [1.29, 1.82) is 0 Å². The molecule has 0 spiro atoms. The van der Waals surface area contributed by atoms with Crippen LogP contribution in [0.25, 0.3) is 0 Å². The van der Waals surface area contributed by atoms with Gasteiger partial charge in [0.1, 0.15) is 5.60 Å². The van der Waals surface area contributed by atoms with Gasteiger partial charge in [-0.05, 0) is 32.0 Å². The average Bonchev–Trinajstić information content (AvgIpc) is 2.39. The van der Waals surface area contributed by atoms with Gasteiger partial charge in [0.25, 0.3) is 0 Å². The highest BCUT2D eigenvalue weighted by Crippen LogP contribution is 2.24. The molecule has 0 N–H and O–H groups in total. The summed E-state index contributed by atoms with van der Waals surface area (Å²) < 4.78 is 5.92. The van der Waals surface area contributed by atoms with Crippen molar-refractivity contribution in [3.8, 4) is 5.88 Å². The summed E-state index contributed by atoms with van der Waals surface area (Å²) in [5.41, 5.74) is 1.26. The Kier molecular flexibility index (Phi) is 3.87. The van der Waals surface area contributed by atoms with Crippen LogP contribution < -0.4 is 4.74 Å². The van der Waals surface area contributed by atoms with E-state index in [4.69, 9.17) is 4.74 Å². The lowest BCUT2D eigenvalue weighted by Gasteiger charge is -2.25. The van der Waals surface area contributed by atoms with Crippen LogP contribution in [-0.2, 0) is 11.4 Å². The van der Waals surface area contributed by atoms with Crippen LogP contribution in [0.5, 0.6) is 5.88 Å². The molecule has 2 aromatic heterocycles. The number of hydrogen-bond acceptors (Lipinski definition) is 4. The van der Waals surface area contributed by atoms with Gasteiger partial charge in [0.05, 0.1) is 11.4 Å². The minimum absolute atomic E-state index is 0.510. The summed E-state index contributed by atoms with van der Waals surface area (Å²) in [7, 11) is 0. The third-order valence-electron chi connectivity index (χ3n) is 2.58. The van der Waals surface area contributed by atoms with Gasteiger partial charge in [0, 0.05) is 18.0 Å². The number of aromatic nitrogens is 2. The van der Waals surface area contributed by atoms with Gasteiger partial charge in [-0.3, -0.25) is 4.98 Å². The number of nitrogens with zero attached hydrogens (tertiary/aromatic N) is 2. The molecule has 0 aliphatic carbocycles. The lowest BCUT2D eigenvalue weighted by molar-refractivity contribution is 0.0972. The summed E-state index contributed by atoms with van der Waals surface area (Å²) in [6.45, 7) is 3.95. The van der Waals surface area contributed by atoms with Gasteiger partial charge < -0.3 is 4.74 Å². The van der Waals surface area contributed by atoms with Crippen LogP contribution in [0, 0.1) is 0 Å². The molecule has 2 heterocycles. The van der Waals surface area contributed by atoms with E-state index in [1.54, 1.807) is 6.20 Å². The third-order valence-corrected chi connectivity index (χ3v) is 2.91. The predicted molar refractivity (Wildman–Crippen MR) is 74.8 cm³/mol. The van der Waals surface area contributed by atoms with Gasteiger partial charge >= 0.3 is 0 Å². The summed E-state index contributed by atoms with van der Waals surface area (Å²) >= 11 is 4.21. The highest BCUT2D eigenvalue weighted by atomic mass is 32.1. The fourth-order valence-electron chi connectivity index (χ4n) is 1.64. The van der Waals surface area contributed by atoms with Crippen LogP contribution in [0.3, 0.4) is 0 Å². The minimum Gasteiger partial charge on any atom is -0.465 e. The number of ether oxygens (including phenoxy) is 1. The second-order valence-corrected chi connectivity index (χ2v) is 4.77. The van der Waals surface area contributed by atoms with E-state index in [-0.39, 0.29) is 0 Å². The maximum absolute atomic E-state index is 5.92. The first-order valence-electron chi connectivity index (χ1n) is 5.79. The fraction of sp³-hybridized carbons (Fsp3) is 0.286. The van der Waals surface area contributed by atoms with E-state index in [1.807, 2.05) is 50.2 Å². The third kappa shape index (κ3) is 3.01. The van der Waals surface area contributed by atoms with Crippen molar-refractivity contribution in [3.05, 3.63) is 54.0 Å². The number of pyridine rings is 2. The Morgan fingerprint density at radius 3 is 2.67 bits per heavy atom. The number of rotatable bonds is 4. The molecule has 0 aliphatic heterocycles. The molecule has 2 aromatic rings. The summed E-state index contributed by atoms with van der Waals surface area (Å²) in [6, 6.07) is 11.5. The molecule has 0 unspecified atom stereocenters. The Morgan fingerprint density at radius 2 is 2.00 bits per heavy atom. The maximum atomic E-state index is 5.92. The molecular weight excluding hydrogens is 244 g/mol. The van der Waals surface area contributed by atoms with Gasteiger partial charge in [-0.2, -0.15) is 12.6 Å². The molecule has 94 valence electrons. The van der Waals surface area contributed by atoms with E-state index in [0.29, 0.717) is 11.6 Å². The van der Waals surface area contributed by atoms with E-state index >= 15 is 0 Å². The smallest absolute Gasteiger partial charge is 0.214 e. The molecule has 2 rings (SSSR count). The van der Waals surface area contributed by atoms with E-state index in [2.05, 4.69) is 22.6 Å². The highest BCUT2D eigenvalue weighted by molar-refractivity contribution is 7.79. The Labute approximate surface area is 113 Å². The molecule has 0 saturated carbocycles. The first kappa shape index (κ1) is 12.9. The molecule has 0 saturated heterocycles. The molecule has 4 heteroatoms. The van der Waals surface area contributed by atoms with Crippen LogP contribution in [0.15, 0.2) is 42.6 Å². The van der Waals surface area contributed by atoms with Crippen molar-refractivity contribution in [2.24, 2.45) is 0 Å². The standard InChI is InChI=1S/C14H16N2OS/c1-14(2,12-7-3-4-9-15-12)17-13-8-5-6-11(10-18)16-13/h3-9,18H,10H2,1-2H3. The van der Waals surface area contributed by atoms with E-state index in [9.17, 15) is 0 Å². The van der Waals surface area contributed by atoms with Crippen LogP contribution in [0.1, 0.15) is 25.2 Å². The first-order chi connectivity index (χ1) is 8.62. The van der Waals surface area contributed by atoms with Crippen molar-refractivity contribution in [1.82, 2.24) is 9.97 Å². The summed E-state index contributed by atoms with van der Waals surface area (Å²) in [6.07, 6.45) is 1.76. The monoisotopic (exact) mass is 260 g/mol. The fourth-order valence-corrected chi connectivity index (χ4v) is 1.81. The Bertz CT molecular complexity index is 514. The Hall–Kier alpha value is -1.55. The minimum atomic E-state index is -0.510. The Morgan fingerprint density at radius 1 is 1.17 bits per heavy atom. The van der Waals surface area contributed by atoms with Gasteiger partial charge in [-0.1, -0.05) is 12.1 Å². The van der Waals surface area contributed by atoms with Crippen LogP contribution >= 0.6 is 12.6 Å². The van der Waals surface area contributed by atoms with Crippen molar-refractivity contribution >= 4 is 12.6 Å². The predicted octanol–water partition coefficient (Wildman–Crippen LogP) is 3.22. The summed E-state index contributed by atoms with van der Waals surface area (Å²) in [4.78, 5) is 8.70. The van der Waals surface area contributed by atoms with Crippen LogP contribution in [0.2, 0.25) is 0 Å². The van der Waals surface area contributed by atoms with Crippen LogP contribution in [-0.4, -0.2) is 9.97 Å². The van der Waals surface area contributed by atoms with Gasteiger partial charge in [0.15, 0.2) is 0 Å². The van der Waals surface area contributed by atoms with Crippen molar-refractivity contribution < 1.29 is 4.74 Å². The zero-order valence-corrected chi connectivity index (χ0v) is 11.4. The van der Waals surface area contributed by atoms with Gasteiger partial charge in [0.2, 0.25) is 5.88 Å². The van der Waals surface area contributed by atoms with Crippen molar-refractivity contribution in [3.63, 3.8) is 0 Å². The maximum Gasteiger partial charge on any atom is 0.214 e. The molecule has 0 radical (unpaired) electrons. The molecule has 0 aromatic carbocycles. The lowest BCUT2D eigenvalue weighted by atomic mass is 10.0. The molecule has 0 aliphatic rings. The largest absolute Gasteiger partial charge is 0.465 e. The molecule has 3 nitrogen and oxygen atoms in total. The number of thiol groups is 1. The zero-order valence-electron chi connectivity index (χ0n) is 10.5. The van der Waals surface area contributed by atoms with E-state index in [1.165, 1.54) is 0 Å². The molecule has 18 heavy (non-hydrogen) atoms. The van der Waals surface area contributed by atoms with Crippen molar-refractivity contribution in [2.75, 3.05) is 0 Å². The average molecular weight is 260 g/mol. The van der Waals surface area contributed by atoms with E-state index in [0.717, 1.165) is 11.4 Å². The van der Waals surface area contributed by atoms with Crippen LogP contribution in [0.4, 0.5) is 0 Å². The second kappa shape index (κ2) is 5.40. The molecule has 0 amide bonds. The normalized spacial score (nSPS) is 11.3. The second-order valence-electron chi connectivity index (χ2n) is 4.45. The highest BCUT2D eigenvalue weighted by Gasteiger charge is 2.24. The molecule has 0 fully saturated rings. The molecule has 0 bridgehead atoms. The van der Waals surface area contributed by atoms with Gasteiger partial charge in [-0.25, -0.2) is 4.98 Å². The SMILES string of the molecule is CC(C)(Oc1cccc(CS)n1)c1ccccn1. The first-order valence-corrected chi connectivity index (χ1v) is 6.42.